The van der Waals surface area contributed by atoms with Crippen LogP contribution >= 0.6 is 0 Å². The van der Waals surface area contributed by atoms with E-state index in [1.165, 1.54) is 17.4 Å². The SMILES string of the molecule is C=CCNC(=O)c1coc(COc2ccc3c(c2)[C@H](c2ccc(C)cc2)N(C(=O)C2CC2)CC3)n1. The molecule has 7 nitrogen and oxygen atoms in total. The minimum absolute atomic E-state index is 0.0907. The number of carbonyl (C=O) groups is 2. The fourth-order valence-corrected chi connectivity index (χ4v) is 4.48. The number of fused-ring (bicyclic) bond motifs is 1. The number of amides is 2. The molecule has 1 aliphatic heterocycles. The normalized spacial score (nSPS) is 16.9. The van der Waals surface area contributed by atoms with E-state index in [4.69, 9.17) is 9.15 Å². The Kier molecular flexibility index (Phi) is 6.40. The van der Waals surface area contributed by atoms with Gasteiger partial charge in [-0.25, -0.2) is 4.98 Å². The average molecular weight is 472 g/mol. The van der Waals surface area contributed by atoms with Gasteiger partial charge in [-0.05, 0) is 55.0 Å². The van der Waals surface area contributed by atoms with Gasteiger partial charge in [0.25, 0.3) is 5.91 Å². The van der Waals surface area contributed by atoms with E-state index in [-0.39, 0.29) is 36.1 Å². The Morgan fingerprint density at radius 2 is 2.03 bits per heavy atom. The molecule has 0 bridgehead atoms. The van der Waals surface area contributed by atoms with Gasteiger partial charge in [0.15, 0.2) is 12.3 Å². The zero-order chi connectivity index (χ0) is 24.4. The van der Waals surface area contributed by atoms with E-state index in [2.05, 4.69) is 54.1 Å². The van der Waals surface area contributed by atoms with Gasteiger partial charge in [-0.15, -0.1) is 6.58 Å². The van der Waals surface area contributed by atoms with Gasteiger partial charge in [0.05, 0.1) is 6.04 Å². The van der Waals surface area contributed by atoms with Gasteiger partial charge in [0.1, 0.15) is 12.0 Å². The lowest BCUT2D eigenvalue weighted by atomic mass is 9.87. The van der Waals surface area contributed by atoms with Crippen molar-refractivity contribution in [3.05, 3.63) is 95.2 Å². The van der Waals surface area contributed by atoms with E-state index in [0.717, 1.165) is 30.4 Å². The van der Waals surface area contributed by atoms with Crippen LogP contribution in [0.4, 0.5) is 0 Å². The summed E-state index contributed by atoms with van der Waals surface area (Å²) in [5, 5.41) is 2.67. The molecule has 180 valence electrons. The molecular weight excluding hydrogens is 442 g/mol. The van der Waals surface area contributed by atoms with Gasteiger partial charge in [-0.3, -0.25) is 9.59 Å². The maximum absolute atomic E-state index is 13.2. The standard InChI is InChI=1S/C28H29N3O4/c1-3-13-29-27(32)24-16-35-25(30-24)17-34-22-11-10-19-12-14-31(28(33)21-8-9-21)26(23(19)15-22)20-6-4-18(2)5-7-20/h3-7,10-11,15-16,21,26H,1,8-9,12-14,17H2,2H3,(H,29,32)/t26-/m0/s1. The smallest absolute Gasteiger partial charge is 0.273 e. The first kappa shape index (κ1) is 22.9. The highest BCUT2D eigenvalue weighted by atomic mass is 16.5. The van der Waals surface area contributed by atoms with E-state index in [9.17, 15) is 9.59 Å². The third-order valence-corrected chi connectivity index (χ3v) is 6.50. The first-order valence-electron chi connectivity index (χ1n) is 12.0. The summed E-state index contributed by atoms with van der Waals surface area (Å²) in [4.78, 5) is 31.4. The van der Waals surface area contributed by atoms with Crippen LogP contribution in [-0.4, -0.2) is 34.8 Å². The lowest BCUT2D eigenvalue weighted by Gasteiger charge is -2.38. The van der Waals surface area contributed by atoms with Gasteiger partial charge in [-0.2, -0.15) is 0 Å². The molecule has 2 aromatic carbocycles. The van der Waals surface area contributed by atoms with Crippen LogP contribution in [0, 0.1) is 12.8 Å². The van der Waals surface area contributed by atoms with Crippen molar-refractivity contribution in [1.82, 2.24) is 15.2 Å². The third-order valence-electron chi connectivity index (χ3n) is 6.50. The monoisotopic (exact) mass is 471 g/mol. The van der Waals surface area contributed by atoms with Gasteiger partial charge in [-0.1, -0.05) is 42.0 Å². The lowest BCUT2D eigenvalue weighted by Crippen LogP contribution is -2.41. The first-order valence-corrected chi connectivity index (χ1v) is 12.0. The predicted molar refractivity (Wildman–Crippen MR) is 131 cm³/mol. The second-order valence-electron chi connectivity index (χ2n) is 9.14. The molecule has 1 fully saturated rings. The molecule has 0 unspecified atom stereocenters. The molecule has 1 saturated carbocycles. The highest BCUT2D eigenvalue weighted by molar-refractivity contribution is 5.91. The summed E-state index contributed by atoms with van der Waals surface area (Å²) < 4.78 is 11.4. The summed E-state index contributed by atoms with van der Waals surface area (Å²) in [5.41, 5.74) is 4.80. The van der Waals surface area contributed by atoms with Crippen molar-refractivity contribution in [2.24, 2.45) is 5.92 Å². The first-order chi connectivity index (χ1) is 17.0. The number of hydrogen-bond donors (Lipinski definition) is 1. The summed E-state index contributed by atoms with van der Waals surface area (Å²) in [6.45, 7) is 6.81. The molecule has 2 amide bonds. The molecule has 0 spiro atoms. The summed E-state index contributed by atoms with van der Waals surface area (Å²) >= 11 is 0. The average Bonchev–Trinajstić information content (AvgIpc) is 3.62. The molecule has 2 aliphatic rings. The zero-order valence-electron chi connectivity index (χ0n) is 19.8. The lowest BCUT2D eigenvalue weighted by molar-refractivity contribution is -0.134. The minimum atomic E-state index is -0.324. The Labute approximate surface area is 204 Å². The number of oxazole rings is 1. The number of rotatable bonds is 8. The van der Waals surface area contributed by atoms with E-state index in [1.54, 1.807) is 6.08 Å². The molecular formula is C28H29N3O4. The van der Waals surface area contributed by atoms with Crippen LogP contribution in [0.5, 0.6) is 5.75 Å². The molecule has 35 heavy (non-hydrogen) atoms. The molecule has 1 atom stereocenters. The number of aromatic nitrogens is 1. The number of carbonyl (C=O) groups excluding carboxylic acids is 2. The second kappa shape index (κ2) is 9.78. The molecule has 0 radical (unpaired) electrons. The number of benzene rings is 2. The van der Waals surface area contributed by atoms with Crippen LogP contribution in [0.25, 0.3) is 0 Å². The Morgan fingerprint density at radius 1 is 1.23 bits per heavy atom. The molecule has 2 heterocycles. The molecule has 1 N–H and O–H groups in total. The van der Waals surface area contributed by atoms with Crippen molar-refractivity contribution in [3.8, 4) is 5.75 Å². The van der Waals surface area contributed by atoms with Crippen molar-refractivity contribution in [2.45, 2.75) is 38.8 Å². The van der Waals surface area contributed by atoms with Crippen molar-refractivity contribution in [2.75, 3.05) is 13.1 Å². The van der Waals surface area contributed by atoms with Gasteiger partial charge >= 0.3 is 0 Å². The maximum Gasteiger partial charge on any atom is 0.273 e. The Hall–Kier alpha value is -3.87. The molecule has 1 aliphatic carbocycles. The number of ether oxygens (including phenoxy) is 1. The summed E-state index contributed by atoms with van der Waals surface area (Å²) in [6.07, 6.45) is 5.70. The Bertz CT molecular complexity index is 1240. The molecule has 3 aromatic rings. The van der Waals surface area contributed by atoms with Gasteiger partial charge in [0.2, 0.25) is 11.8 Å². The van der Waals surface area contributed by atoms with E-state index in [0.29, 0.717) is 24.7 Å². The van der Waals surface area contributed by atoms with Gasteiger partial charge in [0, 0.05) is 19.0 Å². The van der Waals surface area contributed by atoms with Crippen molar-refractivity contribution in [3.63, 3.8) is 0 Å². The van der Waals surface area contributed by atoms with Crippen molar-refractivity contribution >= 4 is 11.8 Å². The third kappa shape index (κ3) is 4.99. The summed E-state index contributed by atoms with van der Waals surface area (Å²) in [6, 6.07) is 14.3. The quantitative estimate of drug-likeness (QED) is 0.494. The van der Waals surface area contributed by atoms with Crippen LogP contribution < -0.4 is 10.1 Å². The highest BCUT2D eigenvalue weighted by Gasteiger charge is 2.39. The fourth-order valence-electron chi connectivity index (χ4n) is 4.48. The number of aryl methyl sites for hydroxylation is 1. The van der Waals surface area contributed by atoms with Crippen molar-refractivity contribution < 1.29 is 18.7 Å². The topological polar surface area (TPSA) is 84.7 Å². The van der Waals surface area contributed by atoms with Crippen LogP contribution in [0.1, 0.15) is 57.5 Å². The highest BCUT2D eigenvalue weighted by Crippen LogP contribution is 2.41. The van der Waals surface area contributed by atoms with Crippen molar-refractivity contribution in [1.29, 1.82) is 0 Å². The second-order valence-corrected chi connectivity index (χ2v) is 9.14. The van der Waals surface area contributed by atoms with Crippen LogP contribution in [0.3, 0.4) is 0 Å². The summed E-state index contributed by atoms with van der Waals surface area (Å²) in [5.74, 6) is 1.06. The van der Waals surface area contributed by atoms with Crippen LogP contribution in [-0.2, 0) is 17.8 Å². The predicted octanol–water partition coefficient (Wildman–Crippen LogP) is 4.36. The molecule has 1 aromatic heterocycles. The Balaban J connectivity index is 1.37. The zero-order valence-corrected chi connectivity index (χ0v) is 19.8. The molecule has 0 saturated heterocycles. The Morgan fingerprint density at radius 3 is 2.77 bits per heavy atom. The maximum atomic E-state index is 13.2. The van der Waals surface area contributed by atoms with E-state index >= 15 is 0 Å². The van der Waals surface area contributed by atoms with Gasteiger partial charge < -0.3 is 19.4 Å². The minimum Gasteiger partial charge on any atom is -0.484 e. The number of nitrogens with one attached hydrogen (secondary N) is 1. The molecule has 5 rings (SSSR count). The summed E-state index contributed by atoms with van der Waals surface area (Å²) in [7, 11) is 0. The molecule has 7 heteroatoms. The largest absolute Gasteiger partial charge is 0.484 e. The van der Waals surface area contributed by atoms with Crippen LogP contribution in [0.2, 0.25) is 0 Å². The van der Waals surface area contributed by atoms with Crippen LogP contribution in [0.15, 0.2) is 65.8 Å². The fraction of sp³-hybridized carbons (Fsp3) is 0.321. The van der Waals surface area contributed by atoms with E-state index < -0.39 is 0 Å². The number of nitrogens with zero attached hydrogens (tertiary/aromatic N) is 2. The number of hydrogen-bond acceptors (Lipinski definition) is 5. The van der Waals surface area contributed by atoms with E-state index in [1.807, 2.05) is 17.0 Å².